The zero-order valence-corrected chi connectivity index (χ0v) is 23.2. The predicted molar refractivity (Wildman–Crippen MR) is 146 cm³/mol. The van der Waals surface area contributed by atoms with Crippen LogP contribution in [0.1, 0.15) is 140 Å². The quantitative estimate of drug-likeness (QED) is 0.153. The maximum absolute atomic E-state index is 12.7. The van der Waals surface area contributed by atoms with Gasteiger partial charge in [0.15, 0.2) is 0 Å². The highest BCUT2D eigenvalue weighted by Gasteiger charge is 2.13. The first-order chi connectivity index (χ1) is 16.2. The molecular weight excluding hydrogens is 474 g/mol. The van der Waals surface area contributed by atoms with Crippen molar-refractivity contribution in [1.29, 1.82) is 0 Å². The lowest BCUT2D eigenvalue weighted by Gasteiger charge is -2.12. The Morgan fingerprint density at radius 2 is 1.21 bits per heavy atom. The molecule has 0 radical (unpaired) electrons. The molecule has 0 aliphatic carbocycles. The van der Waals surface area contributed by atoms with E-state index in [0.717, 1.165) is 23.9 Å². The molecule has 0 aliphatic rings. The van der Waals surface area contributed by atoms with Crippen LogP contribution in [0.15, 0.2) is 22.7 Å². The SMILES string of the molecule is CCCCCCCCCCCCCCCCNC(=O)c1cc(Br)ccc1OCCCCCC. The highest BCUT2D eigenvalue weighted by atomic mass is 79.9. The van der Waals surface area contributed by atoms with Crippen LogP contribution in [0.4, 0.5) is 0 Å². The average molecular weight is 525 g/mol. The Bertz CT molecular complexity index is 605. The Morgan fingerprint density at radius 1 is 0.727 bits per heavy atom. The van der Waals surface area contributed by atoms with Gasteiger partial charge in [0.05, 0.1) is 12.2 Å². The van der Waals surface area contributed by atoms with Gasteiger partial charge in [0.2, 0.25) is 0 Å². The summed E-state index contributed by atoms with van der Waals surface area (Å²) in [5.41, 5.74) is 0.630. The summed E-state index contributed by atoms with van der Waals surface area (Å²) in [5, 5.41) is 3.08. The van der Waals surface area contributed by atoms with E-state index < -0.39 is 0 Å². The summed E-state index contributed by atoms with van der Waals surface area (Å²) in [6.07, 6.45) is 23.5. The van der Waals surface area contributed by atoms with Crippen LogP contribution >= 0.6 is 15.9 Å². The second-order valence-electron chi connectivity index (χ2n) is 9.40. The van der Waals surface area contributed by atoms with Crippen LogP contribution in [-0.4, -0.2) is 19.1 Å². The molecule has 4 heteroatoms. The molecule has 0 unspecified atom stereocenters. The summed E-state index contributed by atoms with van der Waals surface area (Å²) in [5.74, 6) is 0.655. The molecule has 1 N–H and O–H groups in total. The van der Waals surface area contributed by atoms with E-state index >= 15 is 0 Å². The Labute approximate surface area is 213 Å². The number of ether oxygens (including phenoxy) is 1. The average Bonchev–Trinajstić information content (AvgIpc) is 2.82. The highest BCUT2D eigenvalue weighted by molar-refractivity contribution is 9.10. The number of unbranched alkanes of at least 4 members (excludes halogenated alkanes) is 16. The number of hydrogen-bond acceptors (Lipinski definition) is 2. The van der Waals surface area contributed by atoms with E-state index in [4.69, 9.17) is 4.74 Å². The summed E-state index contributed by atoms with van der Waals surface area (Å²) in [6.45, 7) is 5.89. The van der Waals surface area contributed by atoms with E-state index in [9.17, 15) is 4.79 Å². The molecule has 1 aromatic rings. The van der Waals surface area contributed by atoms with Gasteiger partial charge in [-0.2, -0.15) is 0 Å². The maximum atomic E-state index is 12.7. The van der Waals surface area contributed by atoms with Crippen LogP contribution in [0.5, 0.6) is 5.75 Å². The maximum Gasteiger partial charge on any atom is 0.255 e. The van der Waals surface area contributed by atoms with Gasteiger partial charge in [0.1, 0.15) is 5.75 Å². The molecule has 0 spiro atoms. The lowest BCUT2D eigenvalue weighted by Crippen LogP contribution is -2.25. The van der Waals surface area contributed by atoms with Crippen molar-refractivity contribution in [2.24, 2.45) is 0 Å². The number of nitrogens with one attached hydrogen (secondary N) is 1. The van der Waals surface area contributed by atoms with Crippen LogP contribution in [0.3, 0.4) is 0 Å². The minimum atomic E-state index is -0.0328. The van der Waals surface area contributed by atoms with E-state index in [1.54, 1.807) is 0 Å². The summed E-state index contributed by atoms with van der Waals surface area (Å²) in [7, 11) is 0. The van der Waals surface area contributed by atoms with Gasteiger partial charge in [0.25, 0.3) is 5.91 Å². The topological polar surface area (TPSA) is 38.3 Å². The van der Waals surface area contributed by atoms with Crippen molar-refractivity contribution in [1.82, 2.24) is 5.32 Å². The molecule has 190 valence electrons. The number of amides is 1. The zero-order valence-electron chi connectivity index (χ0n) is 21.6. The lowest BCUT2D eigenvalue weighted by molar-refractivity contribution is 0.0948. The third-order valence-corrected chi connectivity index (χ3v) is 6.75. The van der Waals surface area contributed by atoms with E-state index in [1.807, 2.05) is 18.2 Å². The Kier molecular flexibility index (Phi) is 19.5. The molecule has 1 aromatic carbocycles. The van der Waals surface area contributed by atoms with Crippen molar-refractivity contribution in [3.63, 3.8) is 0 Å². The van der Waals surface area contributed by atoms with Crippen LogP contribution in [0.25, 0.3) is 0 Å². The van der Waals surface area contributed by atoms with Gasteiger partial charge in [-0.15, -0.1) is 0 Å². The molecule has 0 aromatic heterocycles. The molecule has 0 bridgehead atoms. The minimum Gasteiger partial charge on any atom is -0.493 e. The van der Waals surface area contributed by atoms with Crippen LogP contribution in [0.2, 0.25) is 0 Å². The van der Waals surface area contributed by atoms with Gasteiger partial charge in [-0.25, -0.2) is 0 Å². The van der Waals surface area contributed by atoms with Gasteiger partial charge in [-0.1, -0.05) is 133 Å². The number of carbonyl (C=O) groups is 1. The number of rotatable bonds is 22. The van der Waals surface area contributed by atoms with E-state index in [-0.39, 0.29) is 5.91 Å². The van der Waals surface area contributed by atoms with E-state index in [2.05, 4.69) is 35.1 Å². The first-order valence-electron chi connectivity index (χ1n) is 13.9. The summed E-state index contributed by atoms with van der Waals surface area (Å²) >= 11 is 3.48. The fourth-order valence-corrected chi connectivity index (χ4v) is 4.49. The molecular formula is C29H50BrNO2. The normalized spacial score (nSPS) is 11.0. The third kappa shape index (κ3) is 16.3. The standard InChI is InChI=1S/C29H50BrNO2/c1-3-5-7-9-10-11-12-13-14-15-16-17-18-19-23-31-29(32)27-25-26(30)21-22-28(27)33-24-20-8-6-4-2/h21-22,25H,3-20,23-24H2,1-2H3,(H,31,32). The molecule has 0 fully saturated rings. The summed E-state index contributed by atoms with van der Waals surface area (Å²) < 4.78 is 6.81. The van der Waals surface area contributed by atoms with Crippen molar-refractivity contribution < 1.29 is 9.53 Å². The van der Waals surface area contributed by atoms with Gasteiger partial charge in [-0.3, -0.25) is 4.79 Å². The van der Waals surface area contributed by atoms with Crippen molar-refractivity contribution >= 4 is 21.8 Å². The largest absolute Gasteiger partial charge is 0.493 e. The molecule has 1 rings (SSSR count). The van der Waals surface area contributed by atoms with Crippen molar-refractivity contribution in [2.75, 3.05) is 13.2 Å². The monoisotopic (exact) mass is 523 g/mol. The Balaban J connectivity index is 2.07. The fraction of sp³-hybridized carbons (Fsp3) is 0.759. The molecule has 1 amide bonds. The van der Waals surface area contributed by atoms with Crippen LogP contribution in [0, 0.1) is 0 Å². The second kappa shape index (κ2) is 21.5. The molecule has 0 saturated carbocycles. The van der Waals surface area contributed by atoms with Crippen LogP contribution in [-0.2, 0) is 0 Å². The van der Waals surface area contributed by atoms with E-state index in [0.29, 0.717) is 17.9 Å². The van der Waals surface area contributed by atoms with Gasteiger partial charge in [0, 0.05) is 11.0 Å². The van der Waals surface area contributed by atoms with E-state index in [1.165, 1.54) is 103 Å². The van der Waals surface area contributed by atoms with Crippen molar-refractivity contribution in [3.8, 4) is 5.75 Å². The number of carbonyl (C=O) groups excluding carboxylic acids is 1. The molecule has 0 saturated heterocycles. The Morgan fingerprint density at radius 3 is 1.76 bits per heavy atom. The molecule has 3 nitrogen and oxygen atoms in total. The van der Waals surface area contributed by atoms with Gasteiger partial charge >= 0.3 is 0 Å². The molecule has 0 aliphatic heterocycles. The fourth-order valence-electron chi connectivity index (χ4n) is 4.13. The lowest BCUT2D eigenvalue weighted by atomic mass is 10.0. The number of halogens is 1. The molecule has 0 atom stereocenters. The van der Waals surface area contributed by atoms with Gasteiger partial charge in [-0.05, 0) is 31.0 Å². The van der Waals surface area contributed by atoms with Crippen molar-refractivity contribution in [2.45, 2.75) is 129 Å². The molecule has 33 heavy (non-hydrogen) atoms. The van der Waals surface area contributed by atoms with Gasteiger partial charge < -0.3 is 10.1 Å². The number of hydrogen-bond donors (Lipinski definition) is 1. The smallest absolute Gasteiger partial charge is 0.255 e. The highest BCUT2D eigenvalue weighted by Crippen LogP contribution is 2.24. The van der Waals surface area contributed by atoms with Crippen molar-refractivity contribution in [3.05, 3.63) is 28.2 Å². The summed E-state index contributed by atoms with van der Waals surface area (Å²) in [6, 6.07) is 5.69. The first kappa shape index (κ1) is 30.0. The second-order valence-corrected chi connectivity index (χ2v) is 10.3. The predicted octanol–water partition coefficient (Wildman–Crippen LogP) is 9.62. The minimum absolute atomic E-state index is 0.0328. The number of benzene rings is 1. The third-order valence-electron chi connectivity index (χ3n) is 6.26. The molecule has 0 heterocycles. The summed E-state index contributed by atoms with van der Waals surface area (Å²) in [4.78, 5) is 12.7. The Hall–Kier alpha value is -1.03. The zero-order chi connectivity index (χ0) is 24.0. The first-order valence-corrected chi connectivity index (χ1v) is 14.7. The van der Waals surface area contributed by atoms with Crippen LogP contribution < -0.4 is 10.1 Å².